The van der Waals surface area contributed by atoms with Crippen molar-refractivity contribution in [2.45, 2.75) is 0 Å². The lowest BCUT2D eigenvalue weighted by Gasteiger charge is -2.11. The Hall–Kier alpha value is -3.71. The number of benzene rings is 2. The fourth-order valence-corrected chi connectivity index (χ4v) is 3.31. The molecular formula is C21H12ClNO6. The van der Waals surface area contributed by atoms with E-state index in [1.54, 1.807) is 36.4 Å². The van der Waals surface area contributed by atoms with Gasteiger partial charge >= 0.3 is 0 Å². The first-order chi connectivity index (χ1) is 14.1. The summed E-state index contributed by atoms with van der Waals surface area (Å²) in [4.78, 5) is 25.8. The van der Waals surface area contributed by atoms with Crippen molar-refractivity contribution in [2.24, 2.45) is 0 Å². The topological polar surface area (TPSA) is 90.9 Å². The predicted octanol–water partition coefficient (Wildman–Crippen LogP) is 4.69. The Bertz CT molecular complexity index is 1310. The van der Waals surface area contributed by atoms with E-state index < -0.39 is 5.91 Å². The lowest BCUT2D eigenvalue weighted by molar-refractivity contribution is 0.0994. The molecule has 7 nitrogen and oxygen atoms in total. The third-order valence-electron chi connectivity index (χ3n) is 4.49. The molecule has 4 aromatic rings. The number of nitrogens with one attached hydrogen (secondary N) is 1. The molecular weight excluding hydrogens is 398 g/mol. The van der Waals surface area contributed by atoms with Gasteiger partial charge in [-0.1, -0.05) is 17.7 Å². The molecule has 0 saturated heterocycles. The second-order valence-electron chi connectivity index (χ2n) is 6.28. The van der Waals surface area contributed by atoms with E-state index in [4.69, 9.17) is 29.9 Å². The van der Waals surface area contributed by atoms with Gasteiger partial charge in [-0.2, -0.15) is 0 Å². The lowest BCUT2D eigenvalue weighted by atomic mass is 10.0. The maximum absolute atomic E-state index is 13.3. The summed E-state index contributed by atoms with van der Waals surface area (Å²) in [6.45, 7) is 0.100. The Kier molecular flexibility index (Phi) is 4.03. The molecule has 1 aliphatic rings. The summed E-state index contributed by atoms with van der Waals surface area (Å²) in [5, 5.41) is 3.31. The summed E-state index contributed by atoms with van der Waals surface area (Å²) >= 11 is 6.06. The van der Waals surface area contributed by atoms with E-state index in [1.165, 1.54) is 18.4 Å². The van der Waals surface area contributed by atoms with Crippen LogP contribution in [0.25, 0.3) is 22.1 Å². The van der Waals surface area contributed by atoms with Crippen molar-refractivity contribution >= 4 is 34.4 Å². The first-order valence-corrected chi connectivity index (χ1v) is 8.99. The lowest BCUT2D eigenvalue weighted by Crippen LogP contribution is -2.16. The molecule has 1 N–H and O–H groups in total. The fraction of sp³-hybridized carbons (Fsp3) is 0.0476. The molecule has 8 heteroatoms. The van der Waals surface area contributed by atoms with Crippen LogP contribution >= 0.6 is 11.6 Å². The predicted molar refractivity (Wildman–Crippen MR) is 106 cm³/mol. The third-order valence-corrected chi connectivity index (χ3v) is 4.72. The van der Waals surface area contributed by atoms with Crippen molar-refractivity contribution in [1.29, 1.82) is 0 Å². The molecule has 0 fully saturated rings. The zero-order valence-corrected chi connectivity index (χ0v) is 15.5. The molecule has 144 valence electrons. The van der Waals surface area contributed by atoms with E-state index in [9.17, 15) is 9.59 Å². The van der Waals surface area contributed by atoms with Crippen molar-refractivity contribution in [3.05, 3.63) is 75.8 Å². The van der Waals surface area contributed by atoms with Crippen molar-refractivity contribution in [2.75, 3.05) is 12.1 Å². The number of anilines is 1. The number of hydrogen-bond donors (Lipinski definition) is 1. The number of carbonyl (C=O) groups is 1. The molecule has 1 aliphatic heterocycles. The summed E-state index contributed by atoms with van der Waals surface area (Å²) in [6.07, 6.45) is 1.38. The average molecular weight is 410 g/mol. The van der Waals surface area contributed by atoms with E-state index in [0.29, 0.717) is 33.1 Å². The van der Waals surface area contributed by atoms with E-state index in [0.717, 1.165) is 0 Å². The highest BCUT2D eigenvalue weighted by molar-refractivity contribution is 6.31. The number of furan rings is 1. The maximum Gasteiger partial charge on any atom is 0.293 e. The Labute approximate surface area is 168 Å². The molecule has 0 unspecified atom stereocenters. The van der Waals surface area contributed by atoms with Gasteiger partial charge < -0.3 is 18.3 Å². The SMILES string of the molecule is O=C(Nc1oc2ccc(Cl)cc2c(=O)c1-c1ccc2c(c1)OCO2)c1ccco1. The quantitative estimate of drug-likeness (QED) is 0.528. The average Bonchev–Trinajstić information content (AvgIpc) is 3.40. The number of fused-ring (bicyclic) bond motifs is 2. The molecule has 0 spiro atoms. The van der Waals surface area contributed by atoms with Crippen LogP contribution in [0.4, 0.5) is 5.88 Å². The van der Waals surface area contributed by atoms with Crippen LogP contribution < -0.4 is 20.2 Å². The number of carbonyl (C=O) groups excluding carboxylic acids is 1. The standard InChI is InChI=1S/C21H12ClNO6/c22-12-4-6-14-13(9-12)19(24)18(11-3-5-15-17(8-11)28-10-27-15)21(29-14)23-20(25)16-2-1-7-26-16/h1-9H,10H2,(H,23,25). The van der Waals surface area contributed by atoms with Gasteiger partial charge in [0.1, 0.15) is 5.58 Å². The van der Waals surface area contributed by atoms with E-state index >= 15 is 0 Å². The molecule has 0 atom stereocenters. The van der Waals surface area contributed by atoms with Gasteiger partial charge in [0.2, 0.25) is 18.1 Å². The van der Waals surface area contributed by atoms with Gasteiger partial charge in [-0.25, -0.2) is 0 Å². The number of halogens is 1. The van der Waals surface area contributed by atoms with Crippen molar-refractivity contribution in [3.63, 3.8) is 0 Å². The molecule has 0 bridgehead atoms. The molecule has 29 heavy (non-hydrogen) atoms. The minimum atomic E-state index is -0.548. The number of amides is 1. The van der Waals surface area contributed by atoms with Gasteiger partial charge in [-0.15, -0.1) is 0 Å². The zero-order chi connectivity index (χ0) is 20.0. The van der Waals surface area contributed by atoms with E-state index in [1.807, 2.05) is 0 Å². The smallest absolute Gasteiger partial charge is 0.293 e. The van der Waals surface area contributed by atoms with Crippen LogP contribution in [0.15, 0.2) is 68.4 Å². The Morgan fingerprint density at radius 3 is 2.72 bits per heavy atom. The van der Waals surface area contributed by atoms with Gasteiger partial charge in [0, 0.05) is 5.02 Å². The largest absolute Gasteiger partial charge is 0.459 e. The number of hydrogen-bond acceptors (Lipinski definition) is 6. The van der Waals surface area contributed by atoms with Gasteiger partial charge in [-0.05, 0) is 48.0 Å². The molecule has 1 amide bonds. The monoisotopic (exact) mass is 409 g/mol. The van der Waals surface area contributed by atoms with Crippen molar-refractivity contribution < 1.29 is 23.1 Å². The van der Waals surface area contributed by atoms with Gasteiger partial charge in [0.25, 0.3) is 5.91 Å². The number of ether oxygens (including phenoxy) is 2. The summed E-state index contributed by atoms with van der Waals surface area (Å²) in [6, 6.07) is 12.8. The summed E-state index contributed by atoms with van der Waals surface area (Å²) < 4.78 is 21.7. The van der Waals surface area contributed by atoms with Crippen LogP contribution in [0, 0.1) is 0 Å². The zero-order valence-electron chi connectivity index (χ0n) is 14.7. The highest BCUT2D eigenvalue weighted by Crippen LogP contribution is 2.38. The number of rotatable bonds is 3. The van der Waals surface area contributed by atoms with E-state index in [2.05, 4.69) is 5.32 Å². The Morgan fingerprint density at radius 1 is 1.03 bits per heavy atom. The highest BCUT2D eigenvalue weighted by Gasteiger charge is 2.22. The van der Waals surface area contributed by atoms with Crippen LogP contribution in [0.5, 0.6) is 11.5 Å². The van der Waals surface area contributed by atoms with Gasteiger partial charge in [-0.3, -0.25) is 14.9 Å². The third kappa shape index (κ3) is 3.01. The van der Waals surface area contributed by atoms with Crippen molar-refractivity contribution in [3.8, 4) is 22.6 Å². The Balaban J connectivity index is 1.72. The van der Waals surface area contributed by atoms with Crippen LogP contribution in [0.2, 0.25) is 5.02 Å². The summed E-state index contributed by atoms with van der Waals surface area (Å²) in [7, 11) is 0. The fourth-order valence-electron chi connectivity index (χ4n) is 3.14. The van der Waals surface area contributed by atoms with Crippen LogP contribution in [0.1, 0.15) is 10.6 Å². The molecule has 3 heterocycles. The molecule has 2 aromatic heterocycles. The molecule has 5 rings (SSSR count). The van der Waals surface area contributed by atoms with Crippen LogP contribution in [-0.2, 0) is 0 Å². The first kappa shape index (κ1) is 17.4. The molecule has 2 aromatic carbocycles. The van der Waals surface area contributed by atoms with Crippen molar-refractivity contribution in [1.82, 2.24) is 0 Å². The van der Waals surface area contributed by atoms with Gasteiger partial charge in [0.15, 0.2) is 17.3 Å². The van der Waals surface area contributed by atoms with Crippen LogP contribution in [0.3, 0.4) is 0 Å². The second kappa shape index (κ2) is 6.72. The molecule has 0 radical (unpaired) electrons. The summed E-state index contributed by atoms with van der Waals surface area (Å²) in [5.41, 5.74) is 0.610. The molecule has 0 saturated carbocycles. The van der Waals surface area contributed by atoms with E-state index in [-0.39, 0.29) is 29.4 Å². The highest BCUT2D eigenvalue weighted by atomic mass is 35.5. The minimum Gasteiger partial charge on any atom is -0.459 e. The first-order valence-electron chi connectivity index (χ1n) is 8.61. The molecule has 0 aliphatic carbocycles. The second-order valence-corrected chi connectivity index (χ2v) is 6.71. The minimum absolute atomic E-state index is 0.00918. The summed E-state index contributed by atoms with van der Waals surface area (Å²) in [5.74, 6) is 0.596. The maximum atomic E-state index is 13.3. The van der Waals surface area contributed by atoms with Crippen LogP contribution in [-0.4, -0.2) is 12.7 Å². The normalized spacial score (nSPS) is 12.3. The van der Waals surface area contributed by atoms with Gasteiger partial charge in [0.05, 0.1) is 17.2 Å². The Morgan fingerprint density at radius 2 is 1.90 bits per heavy atom.